The molecule has 1 aliphatic rings. The molecule has 0 unspecified atom stereocenters. The summed E-state index contributed by atoms with van der Waals surface area (Å²) in [7, 11) is 2.14. The average Bonchev–Trinajstić information content (AvgIpc) is 2.72. The standard InChI is InChI=1S/C22H26BrN3O2/c1-25-13-15-26(16-14-25)12-4-11-24-22(28)20-6-3-2-5-19(20)21(27)17-7-9-18(23)10-8-17/h2-3,5-10H,4,11-16H2,1H3,(H,24,28). The third-order valence-corrected chi connectivity index (χ3v) is 5.58. The van der Waals surface area contributed by atoms with E-state index in [0.717, 1.165) is 43.6 Å². The number of carbonyl (C=O) groups is 2. The van der Waals surface area contributed by atoms with E-state index in [1.807, 2.05) is 12.1 Å². The minimum absolute atomic E-state index is 0.143. The number of hydrogen-bond acceptors (Lipinski definition) is 4. The summed E-state index contributed by atoms with van der Waals surface area (Å²) in [5, 5.41) is 2.97. The molecule has 1 heterocycles. The predicted octanol–water partition coefficient (Wildman–Crippen LogP) is 3.05. The van der Waals surface area contributed by atoms with Crippen molar-refractivity contribution < 1.29 is 9.59 Å². The molecule has 0 radical (unpaired) electrons. The van der Waals surface area contributed by atoms with Crippen LogP contribution in [0.3, 0.4) is 0 Å². The number of carbonyl (C=O) groups excluding carboxylic acids is 2. The quantitative estimate of drug-likeness (QED) is 0.527. The van der Waals surface area contributed by atoms with Gasteiger partial charge in [-0.1, -0.05) is 34.1 Å². The summed E-state index contributed by atoms with van der Waals surface area (Å²) < 4.78 is 0.912. The van der Waals surface area contributed by atoms with Gasteiger partial charge in [-0.2, -0.15) is 0 Å². The number of piperazine rings is 1. The second-order valence-electron chi connectivity index (χ2n) is 7.14. The molecule has 2 aromatic carbocycles. The number of nitrogens with one attached hydrogen (secondary N) is 1. The van der Waals surface area contributed by atoms with E-state index in [-0.39, 0.29) is 11.7 Å². The molecule has 1 saturated heterocycles. The summed E-state index contributed by atoms with van der Waals surface area (Å²) in [6.07, 6.45) is 0.901. The van der Waals surface area contributed by atoms with E-state index in [0.29, 0.717) is 23.2 Å². The van der Waals surface area contributed by atoms with Crippen LogP contribution in [-0.2, 0) is 0 Å². The Bertz CT molecular complexity index is 815. The molecule has 0 spiro atoms. The number of amides is 1. The lowest BCUT2D eigenvalue weighted by atomic mass is 9.98. The molecule has 0 aromatic heterocycles. The van der Waals surface area contributed by atoms with Crippen LogP contribution >= 0.6 is 15.9 Å². The SMILES string of the molecule is CN1CCN(CCCNC(=O)c2ccccc2C(=O)c2ccc(Br)cc2)CC1. The van der Waals surface area contributed by atoms with Crippen molar-refractivity contribution in [2.45, 2.75) is 6.42 Å². The molecule has 148 valence electrons. The number of halogens is 1. The van der Waals surface area contributed by atoms with E-state index in [1.165, 1.54) is 0 Å². The zero-order chi connectivity index (χ0) is 19.9. The van der Waals surface area contributed by atoms with Crippen LogP contribution < -0.4 is 5.32 Å². The van der Waals surface area contributed by atoms with E-state index in [9.17, 15) is 9.59 Å². The Morgan fingerprint density at radius 2 is 1.61 bits per heavy atom. The normalized spacial score (nSPS) is 15.4. The molecule has 0 atom stereocenters. The van der Waals surface area contributed by atoms with Crippen molar-refractivity contribution in [2.75, 3.05) is 46.3 Å². The summed E-state index contributed by atoms with van der Waals surface area (Å²) in [4.78, 5) is 30.3. The molecule has 0 saturated carbocycles. The Kier molecular flexibility index (Phi) is 7.36. The number of rotatable bonds is 7. The average molecular weight is 444 g/mol. The molecule has 1 aliphatic heterocycles. The molecule has 3 rings (SSSR count). The number of ketones is 1. The zero-order valence-electron chi connectivity index (χ0n) is 16.2. The lowest BCUT2D eigenvalue weighted by molar-refractivity contribution is 0.0938. The monoisotopic (exact) mass is 443 g/mol. The van der Waals surface area contributed by atoms with Crippen molar-refractivity contribution in [2.24, 2.45) is 0 Å². The van der Waals surface area contributed by atoms with Gasteiger partial charge in [0.25, 0.3) is 5.91 Å². The van der Waals surface area contributed by atoms with Crippen LogP contribution in [0, 0.1) is 0 Å². The molecule has 0 aliphatic carbocycles. The molecule has 6 heteroatoms. The van der Waals surface area contributed by atoms with Crippen LogP contribution in [0.2, 0.25) is 0 Å². The van der Waals surface area contributed by atoms with E-state index in [4.69, 9.17) is 0 Å². The molecule has 1 amide bonds. The summed E-state index contributed by atoms with van der Waals surface area (Å²) in [5.74, 6) is -0.338. The van der Waals surface area contributed by atoms with Gasteiger partial charge in [0.2, 0.25) is 0 Å². The molecule has 28 heavy (non-hydrogen) atoms. The van der Waals surface area contributed by atoms with E-state index in [1.54, 1.807) is 36.4 Å². The van der Waals surface area contributed by atoms with Gasteiger partial charge in [-0.3, -0.25) is 9.59 Å². The summed E-state index contributed by atoms with van der Waals surface area (Å²) in [6, 6.07) is 14.2. The maximum Gasteiger partial charge on any atom is 0.252 e. The zero-order valence-corrected chi connectivity index (χ0v) is 17.7. The highest BCUT2D eigenvalue weighted by molar-refractivity contribution is 9.10. The van der Waals surface area contributed by atoms with Gasteiger partial charge in [0.15, 0.2) is 5.78 Å². The first-order valence-corrected chi connectivity index (χ1v) is 10.4. The van der Waals surface area contributed by atoms with Crippen molar-refractivity contribution in [1.29, 1.82) is 0 Å². The lowest BCUT2D eigenvalue weighted by Gasteiger charge is -2.32. The van der Waals surface area contributed by atoms with Crippen LogP contribution in [0.15, 0.2) is 53.0 Å². The lowest BCUT2D eigenvalue weighted by Crippen LogP contribution is -2.45. The van der Waals surface area contributed by atoms with Gasteiger partial charge in [0, 0.05) is 48.3 Å². The maximum absolute atomic E-state index is 12.8. The summed E-state index contributed by atoms with van der Waals surface area (Å²) in [6.45, 7) is 5.93. The molecule has 1 N–H and O–H groups in total. The van der Waals surface area contributed by atoms with Crippen molar-refractivity contribution in [3.8, 4) is 0 Å². The molecule has 2 aromatic rings. The van der Waals surface area contributed by atoms with Gasteiger partial charge in [0.05, 0.1) is 5.56 Å². The van der Waals surface area contributed by atoms with Gasteiger partial charge in [-0.15, -0.1) is 0 Å². The van der Waals surface area contributed by atoms with Gasteiger partial charge < -0.3 is 15.1 Å². The number of likely N-dealkylation sites (N-methyl/N-ethyl adjacent to an activating group) is 1. The molecule has 1 fully saturated rings. The van der Waals surface area contributed by atoms with E-state index in [2.05, 4.69) is 38.1 Å². The van der Waals surface area contributed by atoms with E-state index >= 15 is 0 Å². The van der Waals surface area contributed by atoms with Crippen LogP contribution in [0.1, 0.15) is 32.7 Å². The second-order valence-corrected chi connectivity index (χ2v) is 8.05. The van der Waals surface area contributed by atoms with Crippen molar-refractivity contribution in [3.63, 3.8) is 0 Å². The highest BCUT2D eigenvalue weighted by Gasteiger charge is 2.18. The Balaban J connectivity index is 1.56. The molecule has 0 bridgehead atoms. The second kappa shape index (κ2) is 9.96. The fraction of sp³-hybridized carbons (Fsp3) is 0.364. The van der Waals surface area contributed by atoms with Gasteiger partial charge in [-0.25, -0.2) is 0 Å². The minimum Gasteiger partial charge on any atom is -0.352 e. The third kappa shape index (κ3) is 5.50. The topological polar surface area (TPSA) is 52.6 Å². The van der Waals surface area contributed by atoms with Crippen LogP contribution in [0.25, 0.3) is 0 Å². The smallest absolute Gasteiger partial charge is 0.252 e. The number of hydrogen-bond donors (Lipinski definition) is 1. The van der Waals surface area contributed by atoms with Crippen molar-refractivity contribution >= 4 is 27.6 Å². The van der Waals surface area contributed by atoms with Gasteiger partial charge >= 0.3 is 0 Å². The minimum atomic E-state index is -0.195. The Labute approximate surface area is 174 Å². The number of benzene rings is 2. The van der Waals surface area contributed by atoms with Crippen LogP contribution in [0.4, 0.5) is 0 Å². The summed E-state index contributed by atoms with van der Waals surface area (Å²) in [5.41, 5.74) is 1.43. The van der Waals surface area contributed by atoms with Crippen LogP contribution in [-0.4, -0.2) is 67.8 Å². The fourth-order valence-corrected chi connectivity index (χ4v) is 3.57. The van der Waals surface area contributed by atoms with E-state index < -0.39 is 0 Å². The van der Waals surface area contributed by atoms with Crippen molar-refractivity contribution in [3.05, 3.63) is 69.7 Å². The highest BCUT2D eigenvalue weighted by atomic mass is 79.9. The van der Waals surface area contributed by atoms with Crippen LogP contribution in [0.5, 0.6) is 0 Å². The first-order valence-electron chi connectivity index (χ1n) is 9.63. The molecular weight excluding hydrogens is 418 g/mol. The Morgan fingerprint density at radius 1 is 0.964 bits per heavy atom. The van der Waals surface area contributed by atoms with Gasteiger partial charge in [0.1, 0.15) is 0 Å². The Morgan fingerprint density at radius 3 is 2.29 bits per heavy atom. The Hall–Kier alpha value is -2.02. The molecular formula is C22H26BrN3O2. The highest BCUT2D eigenvalue weighted by Crippen LogP contribution is 2.17. The van der Waals surface area contributed by atoms with Gasteiger partial charge in [-0.05, 0) is 50.3 Å². The first-order chi connectivity index (χ1) is 13.5. The number of nitrogens with zero attached hydrogens (tertiary/aromatic N) is 2. The van der Waals surface area contributed by atoms with Crippen molar-refractivity contribution in [1.82, 2.24) is 15.1 Å². The predicted molar refractivity (Wildman–Crippen MR) is 115 cm³/mol. The first kappa shape index (κ1) is 20.7. The molecule has 5 nitrogen and oxygen atoms in total. The third-order valence-electron chi connectivity index (χ3n) is 5.06. The fourth-order valence-electron chi connectivity index (χ4n) is 3.31. The maximum atomic E-state index is 12.8. The largest absolute Gasteiger partial charge is 0.352 e. The summed E-state index contributed by atoms with van der Waals surface area (Å²) >= 11 is 3.37.